The van der Waals surface area contributed by atoms with Gasteiger partial charge in [-0.15, -0.1) is 0 Å². The third kappa shape index (κ3) is 5.50. The maximum atomic E-state index is 6.25. The molecular formula is C19H34O3. The van der Waals surface area contributed by atoms with E-state index in [9.17, 15) is 0 Å². The van der Waals surface area contributed by atoms with Gasteiger partial charge >= 0.3 is 0 Å². The zero-order valence-electron chi connectivity index (χ0n) is 14.1. The molecule has 0 amide bonds. The fourth-order valence-corrected chi connectivity index (χ4v) is 4.17. The van der Waals surface area contributed by atoms with Gasteiger partial charge in [-0.2, -0.15) is 0 Å². The van der Waals surface area contributed by atoms with Gasteiger partial charge in [0.05, 0.1) is 18.3 Å². The normalized spacial score (nSPS) is 26.6. The van der Waals surface area contributed by atoms with Gasteiger partial charge in [0.25, 0.3) is 6.48 Å². The maximum absolute atomic E-state index is 6.25. The number of ether oxygens (including phenoxy) is 3. The Labute approximate surface area is 136 Å². The van der Waals surface area contributed by atoms with Gasteiger partial charge in [0, 0.05) is 0 Å². The lowest BCUT2D eigenvalue weighted by atomic mass is 9.97. The summed E-state index contributed by atoms with van der Waals surface area (Å²) >= 11 is 0. The van der Waals surface area contributed by atoms with Crippen LogP contribution in [0.2, 0.25) is 0 Å². The lowest BCUT2D eigenvalue weighted by Gasteiger charge is -2.34. The molecular weight excluding hydrogens is 276 g/mol. The third-order valence-corrected chi connectivity index (χ3v) is 5.57. The Morgan fingerprint density at radius 3 is 0.955 bits per heavy atom. The van der Waals surface area contributed by atoms with Gasteiger partial charge in [-0.05, 0) is 38.5 Å². The highest BCUT2D eigenvalue weighted by atomic mass is 16.9. The summed E-state index contributed by atoms with van der Waals surface area (Å²) in [7, 11) is 0. The Kier molecular flexibility index (Phi) is 7.03. The van der Waals surface area contributed by atoms with Crippen LogP contribution < -0.4 is 0 Å². The van der Waals surface area contributed by atoms with Crippen molar-refractivity contribution in [2.45, 2.75) is 121 Å². The molecule has 0 saturated heterocycles. The molecule has 0 spiro atoms. The van der Waals surface area contributed by atoms with Crippen LogP contribution in [-0.2, 0) is 14.2 Å². The third-order valence-electron chi connectivity index (χ3n) is 5.57. The minimum absolute atomic E-state index is 0.353. The van der Waals surface area contributed by atoms with Gasteiger partial charge in [0.15, 0.2) is 0 Å². The molecule has 0 aromatic heterocycles. The molecule has 0 atom stereocenters. The zero-order valence-corrected chi connectivity index (χ0v) is 14.1. The topological polar surface area (TPSA) is 27.7 Å². The Morgan fingerprint density at radius 1 is 0.409 bits per heavy atom. The second kappa shape index (κ2) is 9.24. The predicted molar refractivity (Wildman–Crippen MR) is 87.7 cm³/mol. The standard InChI is InChI=1S/C19H34O3/c1-4-10-16(11-5-1)20-19(21-17-12-6-2-7-13-17)22-18-14-8-3-9-15-18/h16-19H,1-15H2. The fraction of sp³-hybridized carbons (Fsp3) is 1.00. The van der Waals surface area contributed by atoms with Gasteiger partial charge in [-0.1, -0.05) is 57.8 Å². The van der Waals surface area contributed by atoms with Crippen LogP contribution in [0.1, 0.15) is 96.3 Å². The van der Waals surface area contributed by atoms with E-state index in [0.717, 1.165) is 0 Å². The number of hydrogen-bond acceptors (Lipinski definition) is 3. The molecule has 3 heteroatoms. The van der Waals surface area contributed by atoms with Crippen LogP contribution in [0, 0.1) is 0 Å². The van der Waals surface area contributed by atoms with E-state index in [0.29, 0.717) is 18.3 Å². The van der Waals surface area contributed by atoms with Gasteiger partial charge in [-0.25, -0.2) is 0 Å². The summed E-state index contributed by atoms with van der Waals surface area (Å²) < 4.78 is 18.8. The molecule has 3 aliphatic carbocycles. The minimum atomic E-state index is -0.408. The van der Waals surface area contributed by atoms with Crippen LogP contribution in [0.3, 0.4) is 0 Å². The van der Waals surface area contributed by atoms with Crippen molar-refractivity contribution in [2.75, 3.05) is 0 Å². The van der Waals surface area contributed by atoms with E-state index >= 15 is 0 Å². The van der Waals surface area contributed by atoms with Crippen molar-refractivity contribution >= 4 is 0 Å². The van der Waals surface area contributed by atoms with Gasteiger partial charge in [0.2, 0.25) is 0 Å². The predicted octanol–water partition coefficient (Wildman–Crippen LogP) is 5.32. The van der Waals surface area contributed by atoms with E-state index in [1.54, 1.807) is 0 Å². The lowest BCUT2D eigenvalue weighted by Crippen LogP contribution is -2.36. The second-order valence-electron chi connectivity index (χ2n) is 7.48. The highest BCUT2D eigenvalue weighted by Gasteiger charge is 2.27. The molecule has 0 radical (unpaired) electrons. The Bertz CT molecular complexity index is 242. The molecule has 3 aliphatic rings. The van der Waals surface area contributed by atoms with Crippen molar-refractivity contribution in [2.24, 2.45) is 0 Å². The molecule has 0 aromatic rings. The number of hydrogen-bond donors (Lipinski definition) is 0. The van der Waals surface area contributed by atoms with Crippen molar-refractivity contribution in [3.05, 3.63) is 0 Å². The van der Waals surface area contributed by atoms with Gasteiger partial charge in [-0.3, -0.25) is 0 Å². The lowest BCUT2D eigenvalue weighted by molar-refractivity contribution is -0.339. The molecule has 0 aliphatic heterocycles. The van der Waals surface area contributed by atoms with Gasteiger partial charge in [0.1, 0.15) is 0 Å². The van der Waals surface area contributed by atoms with Crippen molar-refractivity contribution in [3.8, 4) is 0 Å². The van der Waals surface area contributed by atoms with E-state index in [-0.39, 0.29) is 0 Å². The molecule has 0 aromatic carbocycles. The average molecular weight is 310 g/mol. The fourth-order valence-electron chi connectivity index (χ4n) is 4.17. The highest BCUT2D eigenvalue weighted by molar-refractivity contribution is 4.69. The quantitative estimate of drug-likeness (QED) is 0.622. The average Bonchev–Trinajstić information content (AvgIpc) is 2.57. The van der Waals surface area contributed by atoms with E-state index in [1.165, 1.54) is 96.3 Å². The molecule has 22 heavy (non-hydrogen) atoms. The molecule has 0 bridgehead atoms. The zero-order chi connectivity index (χ0) is 15.0. The van der Waals surface area contributed by atoms with Crippen molar-refractivity contribution in [3.63, 3.8) is 0 Å². The molecule has 128 valence electrons. The molecule has 3 rings (SSSR count). The van der Waals surface area contributed by atoms with E-state index in [2.05, 4.69) is 0 Å². The molecule has 3 fully saturated rings. The minimum Gasteiger partial charge on any atom is -0.327 e. The van der Waals surface area contributed by atoms with Crippen LogP contribution in [0.25, 0.3) is 0 Å². The highest BCUT2D eigenvalue weighted by Crippen LogP contribution is 2.28. The molecule has 3 nitrogen and oxygen atoms in total. The summed E-state index contributed by atoms with van der Waals surface area (Å²) in [6, 6.07) is 0. The first-order chi connectivity index (χ1) is 10.9. The molecule has 0 unspecified atom stereocenters. The monoisotopic (exact) mass is 310 g/mol. The summed E-state index contributed by atoms with van der Waals surface area (Å²) in [5, 5.41) is 0. The first-order valence-electron chi connectivity index (χ1n) is 9.86. The SMILES string of the molecule is C1CCC(OC(OC2CCCCC2)OC2CCCCC2)CC1. The Hall–Kier alpha value is -0.120. The summed E-state index contributed by atoms with van der Waals surface area (Å²) in [5.41, 5.74) is 0. The second-order valence-corrected chi connectivity index (χ2v) is 7.48. The first kappa shape index (κ1) is 16.7. The van der Waals surface area contributed by atoms with Crippen molar-refractivity contribution < 1.29 is 14.2 Å². The van der Waals surface area contributed by atoms with E-state index in [4.69, 9.17) is 14.2 Å². The number of rotatable bonds is 6. The first-order valence-corrected chi connectivity index (χ1v) is 9.86. The molecule has 0 heterocycles. The largest absolute Gasteiger partial charge is 0.327 e. The van der Waals surface area contributed by atoms with Crippen LogP contribution in [0.15, 0.2) is 0 Å². The van der Waals surface area contributed by atoms with E-state index < -0.39 is 6.48 Å². The molecule has 0 N–H and O–H groups in total. The van der Waals surface area contributed by atoms with Crippen LogP contribution in [-0.4, -0.2) is 24.8 Å². The van der Waals surface area contributed by atoms with Crippen molar-refractivity contribution in [1.29, 1.82) is 0 Å². The van der Waals surface area contributed by atoms with Crippen LogP contribution >= 0.6 is 0 Å². The van der Waals surface area contributed by atoms with Crippen LogP contribution in [0.4, 0.5) is 0 Å². The summed E-state index contributed by atoms with van der Waals surface area (Å²) in [6.07, 6.45) is 20.0. The summed E-state index contributed by atoms with van der Waals surface area (Å²) in [4.78, 5) is 0. The molecule has 3 saturated carbocycles. The van der Waals surface area contributed by atoms with Crippen LogP contribution in [0.5, 0.6) is 0 Å². The van der Waals surface area contributed by atoms with Gasteiger partial charge < -0.3 is 14.2 Å². The van der Waals surface area contributed by atoms with Crippen molar-refractivity contribution in [1.82, 2.24) is 0 Å². The Balaban J connectivity index is 1.50. The summed E-state index contributed by atoms with van der Waals surface area (Å²) in [5.74, 6) is 0. The Morgan fingerprint density at radius 2 is 0.682 bits per heavy atom. The smallest absolute Gasteiger partial charge is 0.272 e. The maximum Gasteiger partial charge on any atom is 0.272 e. The summed E-state index contributed by atoms with van der Waals surface area (Å²) in [6.45, 7) is -0.408. The van der Waals surface area contributed by atoms with E-state index in [1.807, 2.05) is 0 Å².